The van der Waals surface area contributed by atoms with Gasteiger partial charge >= 0.3 is 0 Å². The zero-order valence-corrected chi connectivity index (χ0v) is 15.5. The maximum Gasteiger partial charge on any atom is 0.0205 e. The molecule has 1 aliphatic heterocycles. The highest BCUT2D eigenvalue weighted by molar-refractivity contribution is 5.21. The number of nitrogens with zero attached hydrogens (tertiary/aromatic N) is 1. The molecule has 2 heteroatoms. The maximum absolute atomic E-state index is 3.72. The summed E-state index contributed by atoms with van der Waals surface area (Å²) in [5.41, 5.74) is 2.89. The van der Waals surface area contributed by atoms with Crippen LogP contribution in [0, 0.1) is 5.92 Å². The van der Waals surface area contributed by atoms with E-state index < -0.39 is 0 Å². The largest absolute Gasteiger partial charge is 0.312 e. The zero-order valence-electron chi connectivity index (χ0n) is 15.5. The van der Waals surface area contributed by atoms with E-state index in [1.807, 2.05) is 0 Å². The number of unbranched alkanes of at least 4 members (excludes halogenated alkanes) is 1. The van der Waals surface area contributed by atoms with Crippen LogP contribution in [0.5, 0.6) is 0 Å². The van der Waals surface area contributed by atoms with E-state index >= 15 is 0 Å². The Balaban J connectivity index is 1.61. The van der Waals surface area contributed by atoms with Gasteiger partial charge in [0.1, 0.15) is 0 Å². The van der Waals surface area contributed by atoms with Crippen molar-refractivity contribution in [1.82, 2.24) is 10.2 Å². The van der Waals surface area contributed by atoms with E-state index in [1.54, 1.807) is 0 Å². The highest BCUT2D eigenvalue weighted by Crippen LogP contribution is 2.32. The average molecular weight is 337 g/mol. The molecule has 134 valence electrons. The molecule has 1 fully saturated rings. The minimum atomic E-state index is 0.683. The molecule has 0 radical (unpaired) electrons. The van der Waals surface area contributed by atoms with E-state index in [-0.39, 0.29) is 0 Å². The first kappa shape index (κ1) is 18.2. The Kier molecular flexibility index (Phi) is 7.08. The summed E-state index contributed by atoms with van der Waals surface area (Å²) < 4.78 is 0. The molecular formula is C23H32N2. The van der Waals surface area contributed by atoms with E-state index in [1.165, 1.54) is 50.0 Å². The number of nitrogens with one attached hydrogen (secondary N) is 1. The lowest BCUT2D eigenvalue weighted by atomic mass is 9.80. The van der Waals surface area contributed by atoms with Gasteiger partial charge in [-0.25, -0.2) is 0 Å². The Hall–Kier alpha value is -1.64. The summed E-state index contributed by atoms with van der Waals surface area (Å²) in [7, 11) is 0. The van der Waals surface area contributed by atoms with Crippen molar-refractivity contribution in [2.75, 3.05) is 26.2 Å². The molecular weight excluding hydrogens is 304 g/mol. The van der Waals surface area contributed by atoms with Crippen molar-refractivity contribution in [3.63, 3.8) is 0 Å². The van der Waals surface area contributed by atoms with E-state index in [0.717, 1.165) is 13.1 Å². The Bertz CT molecular complexity index is 596. The van der Waals surface area contributed by atoms with Crippen LogP contribution < -0.4 is 5.32 Å². The van der Waals surface area contributed by atoms with Gasteiger partial charge in [-0.05, 0) is 48.9 Å². The first-order chi connectivity index (χ1) is 12.4. The molecule has 2 aromatic rings. The van der Waals surface area contributed by atoms with Crippen molar-refractivity contribution in [3.8, 4) is 0 Å². The number of benzene rings is 2. The second-order valence-corrected chi connectivity index (χ2v) is 7.34. The van der Waals surface area contributed by atoms with Gasteiger partial charge < -0.3 is 10.2 Å². The van der Waals surface area contributed by atoms with Crippen molar-refractivity contribution in [2.24, 2.45) is 5.92 Å². The maximum atomic E-state index is 3.72. The topological polar surface area (TPSA) is 15.3 Å². The number of rotatable bonds is 8. The molecule has 2 nitrogen and oxygen atoms in total. The Morgan fingerprint density at radius 1 is 1.00 bits per heavy atom. The third-order valence-corrected chi connectivity index (χ3v) is 5.45. The fourth-order valence-corrected chi connectivity index (χ4v) is 4.04. The van der Waals surface area contributed by atoms with Gasteiger partial charge in [-0.1, -0.05) is 74.0 Å². The molecule has 1 heterocycles. The highest BCUT2D eigenvalue weighted by Gasteiger charge is 2.29. The van der Waals surface area contributed by atoms with Crippen LogP contribution in [0.15, 0.2) is 60.7 Å². The predicted octanol–water partition coefficient (Wildman–Crippen LogP) is 4.68. The van der Waals surface area contributed by atoms with Crippen LogP contribution in [0.25, 0.3) is 0 Å². The minimum absolute atomic E-state index is 0.683. The van der Waals surface area contributed by atoms with E-state index in [0.29, 0.717) is 11.8 Å². The lowest BCUT2D eigenvalue weighted by Gasteiger charge is -2.39. The second-order valence-electron chi connectivity index (χ2n) is 7.34. The summed E-state index contributed by atoms with van der Waals surface area (Å²) in [5, 5.41) is 3.72. The smallest absolute Gasteiger partial charge is 0.0205 e. The third kappa shape index (κ3) is 5.42. The summed E-state index contributed by atoms with van der Waals surface area (Å²) in [5.74, 6) is 1.37. The van der Waals surface area contributed by atoms with Gasteiger partial charge in [-0.3, -0.25) is 0 Å². The number of hydrogen-bond donors (Lipinski definition) is 1. The predicted molar refractivity (Wildman–Crippen MR) is 107 cm³/mol. The van der Waals surface area contributed by atoms with E-state index in [4.69, 9.17) is 0 Å². The summed E-state index contributed by atoms with van der Waals surface area (Å²) >= 11 is 0. The van der Waals surface area contributed by atoms with Crippen molar-refractivity contribution in [3.05, 3.63) is 71.8 Å². The Morgan fingerprint density at radius 3 is 2.44 bits per heavy atom. The lowest BCUT2D eigenvalue weighted by molar-refractivity contribution is 0.149. The monoisotopic (exact) mass is 336 g/mol. The third-order valence-electron chi connectivity index (χ3n) is 5.45. The Labute approximate surface area is 153 Å². The van der Waals surface area contributed by atoms with E-state index in [2.05, 4.69) is 77.8 Å². The number of likely N-dealkylation sites (tertiary alicyclic amines) is 1. The van der Waals surface area contributed by atoms with Gasteiger partial charge in [0.25, 0.3) is 0 Å². The average Bonchev–Trinajstić information content (AvgIpc) is 2.68. The Morgan fingerprint density at radius 2 is 1.72 bits per heavy atom. The molecule has 0 saturated carbocycles. The molecule has 2 atom stereocenters. The molecule has 1 aliphatic rings. The van der Waals surface area contributed by atoms with Gasteiger partial charge in [-0.2, -0.15) is 0 Å². The van der Waals surface area contributed by atoms with Gasteiger partial charge in [0.05, 0.1) is 0 Å². The molecule has 0 spiro atoms. The SMILES string of the molecule is CCCCN1CC[C@@H](c2ccccc2)[C@H](CNCc2ccccc2)C1. The van der Waals surface area contributed by atoms with Crippen LogP contribution in [0.1, 0.15) is 43.2 Å². The van der Waals surface area contributed by atoms with Gasteiger partial charge in [0.15, 0.2) is 0 Å². The molecule has 0 aliphatic carbocycles. The molecule has 2 aromatic carbocycles. The number of hydrogen-bond acceptors (Lipinski definition) is 2. The number of piperidine rings is 1. The van der Waals surface area contributed by atoms with E-state index in [9.17, 15) is 0 Å². The van der Waals surface area contributed by atoms with Gasteiger partial charge in [0.2, 0.25) is 0 Å². The lowest BCUT2D eigenvalue weighted by Crippen LogP contribution is -2.43. The van der Waals surface area contributed by atoms with Crippen LogP contribution >= 0.6 is 0 Å². The van der Waals surface area contributed by atoms with Crippen LogP contribution in [-0.4, -0.2) is 31.1 Å². The van der Waals surface area contributed by atoms with Crippen molar-refractivity contribution < 1.29 is 0 Å². The molecule has 0 bridgehead atoms. The first-order valence-electron chi connectivity index (χ1n) is 9.88. The van der Waals surface area contributed by atoms with Crippen LogP contribution in [-0.2, 0) is 6.54 Å². The van der Waals surface area contributed by atoms with Crippen LogP contribution in [0.4, 0.5) is 0 Å². The summed E-state index contributed by atoms with van der Waals surface area (Å²) in [6.45, 7) is 8.07. The molecule has 1 saturated heterocycles. The molecule has 0 aromatic heterocycles. The molecule has 0 amide bonds. The van der Waals surface area contributed by atoms with Crippen LogP contribution in [0.2, 0.25) is 0 Å². The summed E-state index contributed by atoms with van der Waals surface area (Å²) in [6, 6.07) is 21.9. The van der Waals surface area contributed by atoms with Crippen LogP contribution in [0.3, 0.4) is 0 Å². The zero-order chi connectivity index (χ0) is 17.3. The molecule has 25 heavy (non-hydrogen) atoms. The normalized spacial score (nSPS) is 21.3. The van der Waals surface area contributed by atoms with Crippen molar-refractivity contribution >= 4 is 0 Å². The van der Waals surface area contributed by atoms with Gasteiger partial charge in [0, 0.05) is 19.6 Å². The second kappa shape index (κ2) is 9.74. The minimum Gasteiger partial charge on any atom is -0.312 e. The fourth-order valence-electron chi connectivity index (χ4n) is 4.04. The first-order valence-corrected chi connectivity index (χ1v) is 9.88. The van der Waals surface area contributed by atoms with Crippen molar-refractivity contribution in [2.45, 2.75) is 38.6 Å². The standard InChI is InChI=1S/C23H32N2/c1-2-3-15-25-16-14-23(21-12-8-5-9-13-21)22(19-25)18-24-17-20-10-6-4-7-11-20/h4-13,22-24H,2-3,14-19H2,1H3/t22-,23+/m1/s1. The molecule has 0 unspecified atom stereocenters. The summed E-state index contributed by atoms with van der Waals surface area (Å²) in [4.78, 5) is 2.68. The highest BCUT2D eigenvalue weighted by atomic mass is 15.1. The van der Waals surface area contributed by atoms with Gasteiger partial charge in [-0.15, -0.1) is 0 Å². The van der Waals surface area contributed by atoms with Crippen molar-refractivity contribution in [1.29, 1.82) is 0 Å². The molecule has 1 N–H and O–H groups in total. The summed E-state index contributed by atoms with van der Waals surface area (Å²) in [6.07, 6.45) is 3.89. The fraction of sp³-hybridized carbons (Fsp3) is 0.478. The quantitative estimate of drug-likeness (QED) is 0.753. The molecule has 3 rings (SSSR count).